The lowest BCUT2D eigenvalue weighted by atomic mass is 10.1. The van der Waals surface area contributed by atoms with Gasteiger partial charge in [0.05, 0.1) is 0 Å². The van der Waals surface area contributed by atoms with E-state index in [1.54, 1.807) is 0 Å². The molecule has 0 spiro atoms. The monoisotopic (exact) mass is 191 g/mol. The highest BCUT2D eigenvalue weighted by atomic mass is 15.1. The van der Waals surface area contributed by atoms with Crippen molar-refractivity contribution in [2.24, 2.45) is 0 Å². The predicted octanol–water partition coefficient (Wildman–Crippen LogP) is 2.56. The molecule has 0 unspecified atom stereocenters. The lowest BCUT2D eigenvalue weighted by Gasteiger charge is -2.21. The topological polar surface area (TPSA) is 37.8 Å². The van der Waals surface area contributed by atoms with E-state index in [4.69, 9.17) is 0 Å². The first kappa shape index (κ1) is 9.44. The number of anilines is 1. The van der Waals surface area contributed by atoms with E-state index < -0.39 is 0 Å². The fourth-order valence-electron chi connectivity index (χ4n) is 1.37. The Morgan fingerprint density at radius 2 is 2.07 bits per heavy atom. The van der Waals surface area contributed by atoms with E-state index in [0.717, 1.165) is 11.6 Å². The van der Waals surface area contributed by atoms with Crippen LogP contribution in [0.15, 0.2) is 12.3 Å². The smallest absolute Gasteiger partial charge is 0.133 e. The fraction of sp³-hybridized carbons (Fsp3) is 0.636. The highest BCUT2D eigenvalue weighted by Crippen LogP contribution is 2.38. The van der Waals surface area contributed by atoms with Gasteiger partial charge in [-0.15, -0.1) is 0 Å². The molecule has 2 rings (SSSR count). The molecule has 1 aromatic heterocycles. The number of nitrogens with one attached hydrogen (secondary N) is 1. The molecule has 3 nitrogen and oxygen atoms in total. The quantitative estimate of drug-likeness (QED) is 0.780. The molecule has 0 aromatic carbocycles. The summed E-state index contributed by atoms with van der Waals surface area (Å²) >= 11 is 0. The molecule has 3 heteroatoms. The number of hydrogen-bond donors (Lipinski definition) is 1. The van der Waals surface area contributed by atoms with Crippen LogP contribution in [0, 0.1) is 0 Å². The van der Waals surface area contributed by atoms with Crippen molar-refractivity contribution in [1.29, 1.82) is 0 Å². The van der Waals surface area contributed by atoms with Gasteiger partial charge < -0.3 is 5.32 Å². The van der Waals surface area contributed by atoms with Gasteiger partial charge in [-0.1, -0.05) is 0 Å². The number of rotatable bonds is 2. The Kier molecular flexibility index (Phi) is 2.17. The van der Waals surface area contributed by atoms with Gasteiger partial charge in [0.1, 0.15) is 11.6 Å². The normalized spacial score (nSPS) is 16.8. The predicted molar refractivity (Wildman–Crippen MR) is 57.4 cm³/mol. The molecule has 0 saturated heterocycles. The van der Waals surface area contributed by atoms with Gasteiger partial charge in [0.15, 0.2) is 0 Å². The largest absolute Gasteiger partial charge is 0.365 e. The van der Waals surface area contributed by atoms with Gasteiger partial charge in [-0.05, 0) is 39.7 Å². The van der Waals surface area contributed by atoms with Gasteiger partial charge in [-0.2, -0.15) is 0 Å². The van der Waals surface area contributed by atoms with Crippen LogP contribution < -0.4 is 5.32 Å². The van der Waals surface area contributed by atoms with Gasteiger partial charge in [-0.25, -0.2) is 9.97 Å². The first-order valence-electron chi connectivity index (χ1n) is 5.16. The van der Waals surface area contributed by atoms with Gasteiger partial charge in [0.25, 0.3) is 0 Å². The van der Waals surface area contributed by atoms with E-state index in [1.807, 2.05) is 12.3 Å². The van der Waals surface area contributed by atoms with Crippen LogP contribution in [0.1, 0.15) is 45.4 Å². The number of nitrogens with zero attached hydrogens (tertiary/aromatic N) is 2. The lowest BCUT2D eigenvalue weighted by Crippen LogP contribution is -2.26. The van der Waals surface area contributed by atoms with E-state index >= 15 is 0 Å². The first-order chi connectivity index (χ1) is 6.54. The van der Waals surface area contributed by atoms with Crippen molar-refractivity contribution in [2.75, 3.05) is 5.32 Å². The Hall–Kier alpha value is -1.12. The molecule has 0 amide bonds. The van der Waals surface area contributed by atoms with Crippen LogP contribution in [-0.4, -0.2) is 15.5 Å². The maximum atomic E-state index is 4.50. The molecule has 1 fully saturated rings. The van der Waals surface area contributed by atoms with E-state index in [9.17, 15) is 0 Å². The van der Waals surface area contributed by atoms with Crippen LogP contribution in [0.5, 0.6) is 0 Å². The number of aromatic nitrogens is 2. The lowest BCUT2D eigenvalue weighted by molar-refractivity contribution is 0.629. The standard InChI is InChI=1S/C11H17N3/c1-11(2,3)14-9-6-7-12-10(13-9)8-4-5-8/h6-8H,4-5H2,1-3H3,(H,12,13,14). The maximum absolute atomic E-state index is 4.50. The Bertz CT molecular complexity index is 324. The van der Waals surface area contributed by atoms with E-state index in [2.05, 4.69) is 36.1 Å². The molecule has 76 valence electrons. The molecule has 1 aliphatic carbocycles. The zero-order valence-electron chi connectivity index (χ0n) is 9.04. The minimum absolute atomic E-state index is 0.0647. The Balaban J connectivity index is 2.13. The zero-order valence-corrected chi connectivity index (χ0v) is 9.04. The van der Waals surface area contributed by atoms with Crippen LogP contribution >= 0.6 is 0 Å². The minimum Gasteiger partial charge on any atom is -0.365 e. The molecular formula is C11H17N3. The fourth-order valence-corrected chi connectivity index (χ4v) is 1.37. The molecule has 0 radical (unpaired) electrons. The molecule has 14 heavy (non-hydrogen) atoms. The molecule has 0 atom stereocenters. The summed E-state index contributed by atoms with van der Waals surface area (Å²) in [4.78, 5) is 8.78. The molecule has 1 saturated carbocycles. The third-order valence-electron chi connectivity index (χ3n) is 2.12. The van der Waals surface area contributed by atoms with Gasteiger partial charge in [0, 0.05) is 17.7 Å². The minimum atomic E-state index is 0.0647. The van der Waals surface area contributed by atoms with Crippen LogP contribution in [0.25, 0.3) is 0 Å². The molecule has 1 aliphatic rings. The summed E-state index contributed by atoms with van der Waals surface area (Å²) in [5, 5.41) is 3.35. The Labute approximate surface area is 85.0 Å². The van der Waals surface area contributed by atoms with Crippen molar-refractivity contribution in [3.63, 3.8) is 0 Å². The molecule has 0 bridgehead atoms. The average Bonchev–Trinajstić information content (AvgIpc) is 2.83. The maximum Gasteiger partial charge on any atom is 0.133 e. The Morgan fingerprint density at radius 1 is 1.36 bits per heavy atom. The second-order valence-corrected chi connectivity index (χ2v) is 4.95. The van der Waals surface area contributed by atoms with Crippen molar-refractivity contribution < 1.29 is 0 Å². The van der Waals surface area contributed by atoms with Crippen molar-refractivity contribution >= 4 is 5.82 Å². The molecular weight excluding hydrogens is 174 g/mol. The zero-order chi connectivity index (χ0) is 10.2. The van der Waals surface area contributed by atoms with Crippen molar-refractivity contribution in [3.8, 4) is 0 Å². The summed E-state index contributed by atoms with van der Waals surface area (Å²) < 4.78 is 0. The number of hydrogen-bond acceptors (Lipinski definition) is 3. The van der Waals surface area contributed by atoms with Crippen LogP contribution in [-0.2, 0) is 0 Å². The summed E-state index contributed by atoms with van der Waals surface area (Å²) in [5.41, 5.74) is 0.0647. The average molecular weight is 191 g/mol. The van der Waals surface area contributed by atoms with Crippen molar-refractivity contribution in [2.45, 2.75) is 45.1 Å². The van der Waals surface area contributed by atoms with Crippen LogP contribution in [0.2, 0.25) is 0 Å². The van der Waals surface area contributed by atoms with Gasteiger partial charge in [0.2, 0.25) is 0 Å². The molecule has 1 N–H and O–H groups in total. The van der Waals surface area contributed by atoms with Crippen molar-refractivity contribution in [3.05, 3.63) is 18.1 Å². The van der Waals surface area contributed by atoms with Gasteiger partial charge >= 0.3 is 0 Å². The molecule has 0 aliphatic heterocycles. The summed E-state index contributed by atoms with van der Waals surface area (Å²) in [6.07, 6.45) is 4.34. The van der Waals surface area contributed by atoms with Crippen LogP contribution in [0.3, 0.4) is 0 Å². The first-order valence-corrected chi connectivity index (χ1v) is 5.16. The highest BCUT2D eigenvalue weighted by molar-refractivity contribution is 5.36. The third-order valence-corrected chi connectivity index (χ3v) is 2.12. The third kappa shape index (κ3) is 2.44. The summed E-state index contributed by atoms with van der Waals surface area (Å²) in [6, 6.07) is 1.93. The highest BCUT2D eigenvalue weighted by Gasteiger charge is 2.26. The molecule has 1 heterocycles. The van der Waals surface area contributed by atoms with E-state index in [1.165, 1.54) is 12.8 Å². The summed E-state index contributed by atoms with van der Waals surface area (Å²) in [5.74, 6) is 2.56. The van der Waals surface area contributed by atoms with E-state index in [0.29, 0.717) is 5.92 Å². The van der Waals surface area contributed by atoms with E-state index in [-0.39, 0.29) is 5.54 Å². The van der Waals surface area contributed by atoms with Gasteiger partial charge in [-0.3, -0.25) is 0 Å². The second-order valence-electron chi connectivity index (χ2n) is 4.95. The van der Waals surface area contributed by atoms with Crippen LogP contribution in [0.4, 0.5) is 5.82 Å². The summed E-state index contributed by atoms with van der Waals surface area (Å²) in [7, 11) is 0. The summed E-state index contributed by atoms with van der Waals surface area (Å²) in [6.45, 7) is 6.39. The van der Waals surface area contributed by atoms with Crippen molar-refractivity contribution in [1.82, 2.24) is 9.97 Å². The molecule has 1 aromatic rings. The Morgan fingerprint density at radius 3 is 2.64 bits per heavy atom. The SMILES string of the molecule is CC(C)(C)Nc1ccnc(C2CC2)n1. The second kappa shape index (κ2) is 3.23.